The average molecular weight is 512 g/mol. The summed E-state index contributed by atoms with van der Waals surface area (Å²) in [4.78, 5) is 29.7. The molecule has 10 heteroatoms. The van der Waals surface area contributed by atoms with Crippen molar-refractivity contribution in [2.45, 2.75) is 13.3 Å². The molecule has 0 aliphatic rings. The van der Waals surface area contributed by atoms with Gasteiger partial charge in [0, 0.05) is 47.5 Å². The molecule has 38 heavy (non-hydrogen) atoms. The monoisotopic (exact) mass is 511 g/mol. The zero-order valence-electron chi connectivity index (χ0n) is 21.5. The molecule has 0 saturated carbocycles. The minimum atomic E-state index is -0.485. The molecule has 3 N–H and O–H groups in total. The summed E-state index contributed by atoms with van der Waals surface area (Å²) in [5, 5.41) is 6.53. The molecule has 0 spiro atoms. The van der Waals surface area contributed by atoms with E-state index in [0.717, 1.165) is 41.0 Å². The number of pyridine rings is 1. The van der Waals surface area contributed by atoms with Crippen LogP contribution in [-0.4, -0.2) is 52.1 Å². The van der Waals surface area contributed by atoms with Crippen LogP contribution in [0.1, 0.15) is 12.0 Å². The smallest absolute Gasteiger partial charge is 0.417 e. The van der Waals surface area contributed by atoms with Gasteiger partial charge in [-0.1, -0.05) is 12.1 Å². The number of nitrogens with zero attached hydrogens (tertiary/aromatic N) is 4. The maximum Gasteiger partial charge on any atom is 0.417 e. The van der Waals surface area contributed by atoms with Crippen LogP contribution in [0.4, 0.5) is 23.1 Å². The molecule has 0 radical (unpaired) electrons. The number of oxazole rings is 1. The highest BCUT2D eigenvalue weighted by molar-refractivity contribution is 5.78. The Morgan fingerprint density at radius 3 is 2.50 bits per heavy atom. The molecule has 2 aromatic carbocycles. The van der Waals surface area contributed by atoms with E-state index in [9.17, 15) is 4.79 Å². The van der Waals surface area contributed by atoms with Crippen molar-refractivity contribution in [3.8, 4) is 17.0 Å². The Hall–Kier alpha value is -4.70. The van der Waals surface area contributed by atoms with Gasteiger partial charge in [0.15, 0.2) is 5.58 Å². The number of benzene rings is 2. The molecular formula is C28H29N7O3. The summed E-state index contributed by atoms with van der Waals surface area (Å²) in [6.45, 7) is 3.55. The van der Waals surface area contributed by atoms with Gasteiger partial charge in [-0.3, -0.25) is 4.98 Å². The van der Waals surface area contributed by atoms with Gasteiger partial charge in [0.05, 0.1) is 12.1 Å². The Labute approximate surface area is 219 Å². The van der Waals surface area contributed by atoms with Gasteiger partial charge in [-0.2, -0.15) is 4.98 Å². The molecule has 3 heterocycles. The molecule has 194 valence electrons. The fraction of sp³-hybridized carbons (Fsp3) is 0.214. The second-order valence-electron chi connectivity index (χ2n) is 9.17. The van der Waals surface area contributed by atoms with E-state index in [2.05, 4.69) is 35.5 Å². The molecule has 3 aromatic heterocycles. The normalized spacial score (nSPS) is 11.2. The molecule has 0 aliphatic carbocycles. The van der Waals surface area contributed by atoms with Crippen molar-refractivity contribution in [3.63, 3.8) is 0 Å². The Balaban J connectivity index is 1.22. The van der Waals surface area contributed by atoms with Crippen molar-refractivity contribution in [1.29, 1.82) is 0 Å². The Bertz CT molecular complexity index is 1580. The van der Waals surface area contributed by atoms with E-state index in [1.54, 1.807) is 18.3 Å². The summed E-state index contributed by atoms with van der Waals surface area (Å²) in [6, 6.07) is 17.2. The lowest BCUT2D eigenvalue weighted by molar-refractivity contribution is 0.273. The molecular weight excluding hydrogens is 482 g/mol. The lowest BCUT2D eigenvalue weighted by atomic mass is 10.1. The number of hydrogen-bond acceptors (Lipinski definition) is 9. The van der Waals surface area contributed by atoms with Crippen LogP contribution in [0.2, 0.25) is 0 Å². The van der Waals surface area contributed by atoms with Crippen molar-refractivity contribution in [2.24, 2.45) is 0 Å². The number of hydrogen-bond donors (Lipinski definition) is 3. The van der Waals surface area contributed by atoms with Gasteiger partial charge >= 0.3 is 5.76 Å². The average Bonchev–Trinajstić information content (AvgIpc) is 3.28. The number of aromatic amines is 1. The van der Waals surface area contributed by atoms with Crippen molar-refractivity contribution in [1.82, 2.24) is 24.8 Å². The highest BCUT2D eigenvalue weighted by Gasteiger charge is 2.08. The van der Waals surface area contributed by atoms with Crippen molar-refractivity contribution >= 4 is 34.2 Å². The van der Waals surface area contributed by atoms with Crippen LogP contribution in [0.25, 0.3) is 22.2 Å². The van der Waals surface area contributed by atoms with E-state index in [1.807, 2.05) is 69.7 Å². The molecule has 0 saturated heterocycles. The van der Waals surface area contributed by atoms with E-state index >= 15 is 0 Å². The van der Waals surface area contributed by atoms with Crippen LogP contribution in [0.5, 0.6) is 5.88 Å². The van der Waals surface area contributed by atoms with Gasteiger partial charge < -0.3 is 24.7 Å². The van der Waals surface area contributed by atoms with Gasteiger partial charge in [-0.05, 0) is 69.4 Å². The molecule has 5 rings (SSSR count). The maximum atomic E-state index is 11.4. The minimum absolute atomic E-state index is 0.459. The van der Waals surface area contributed by atoms with Gasteiger partial charge in [-0.15, -0.1) is 0 Å². The first kappa shape index (κ1) is 25.0. The van der Waals surface area contributed by atoms with Crippen LogP contribution < -0.4 is 21.1 Å². The number of nitrogens with one attached hydrogen (secondary N) is 3. The predicted octanol–water partition coefficient (Wildman–Crippen LogP) is 5.10. The molecule has 0 amide bonds. The minimum Gasteiger partial charge on any atom is -0.478 e. The van der Waals surface area contributed by atoms with Crippen LogP contribution in [0, 0.1) is 6.92 Å². The fourth-order valence-corrected chi connectivity index (χ4v) is 3.86. The summed E-state index contributed by atoms with van der Waals surface area (Å²) < 4.78 is 10.8. The van der Waals surface area contributed by atoms with Gasteiger partial charge in [0.2, 0.25) is 11.8 Å². The van der Waals surface area contributed by atoms with E-state index < -0.39 is 5.76 Å². The zero-order valence-corrected chi connectivity index (χ0v) is 21.5. The van der Waals surface area contributed by atoms with E-state index in [4.69, 9.17) is 9.15 Å². The van der Waals surface area contributed by atoms with Gasteiger partial charge in [0.1, 0.15) is 5.82 Å². The fourth-order valence-electron chi connectivity index (χ4n) is 3.86. The van der Waals surface area contributed by atoms with Crippen molar-refractivity contribution in [2.75, 3.05) is 37.9 Å². The van der Waals surface area contributed by atoms with E-state index in [0.29, 0.717) is 35.4 Å². The lowest BCUT2D eigenvalue weighted by Crippen LogP contribution is -2.15. The van der Waals surface area contributed by atoms with Crippen LogP contribution in [-0.2, 0) is 0 Å². The Kier molecular flexibility index (Phi) is 7.32. The Morgan fingerprint density at radius 2 is 1.74 bits per heavy atom. The third kappa shape index (κ3) is 6.16. The zero-order chi connectivity index (χ0) is 26.5. The summed E-state index contributed by atoms with van der Waals surface area (Å²) in [7, 11) is 4.10. The summed E-state index contributed by atoms with van der Waals surface area (Å²) in [5.74, 6) is 1.26. The largest absolute Gasteiger partial charge is 0.478 e. The first-order valence-electron chi connectivity index (χ1n) is 12.3. The number of aryl methyl sites for hydroxylation is 1. The molecule has 5 aromatic rings. The summed E-state index contributed by atoms with van der Waals surface area (Å²) in [5.41, 5.74) is 5.67. The van der Waals surface area contributed by atoms with Gasteiger partial charge in [-0.25, -0.2) is 14.8 Å². The number of anilines is 4. The topological polar surface area (TPSA) is 121 Å². The molecule has 10 nitrogen and oxygen atoms in total. The summed E-state index contributed by atoms with van der Waals surface area (Å²) >= 11 is 0. The van der Waals surface area contributed by atoms with E-state index in [-0.39, 0.29) is 0 Å². The number of H-pyrrole nitrogens is 1. The molecule has 0 fully saturated rings. The third-order valence-corrected chi connectivity index (χ3v) is 5.86. The first-order valence-corrected chi connectivity index (χ1v) is 12.3. The molecule has 0 aliphatic heterocycles. The van der Waals surface area contributed by atoms with Crippen LogP contribution in [0.15, 0.2) is 76.2 Å². The number of fused-ring (bicyclic) bond motifs is 1. The predicted molar refractivity (Wildman–Crippen MR) is 149 cm³/mol. The maximum absolute atomic E-state index is 11.4. The highest BCUT2D eigenvalue weighted by atomic mass is 16.5. The summed E-state index contributed by atoms with van der Waals surface area (Å²) in [6.07, 6.45) is 4.53. The number of aromatic nitrogens is 4. The SMILES string of the molecule is Cc1cnc(Nc2ccc(-c3ccc(OCCCN(C)C)nc3)cc2)nc1Nc1ccc2oc(=O)[nH]c2c1. The molecule has 0 atom stereocenters. The second kappa shape index (κ2) is 11.1. The van der Waals surface area contributed by atoms with Crippen molar-refractivity contribution in [3.05, 3.63) is 83.1 Å². The van der Waals surface area contributed by atoms with E-state index in [1.165, 1.54) is 0 Å². The Morgan fingerprint density at radius 1 is 0.947 bits per heavy atom. The lowest BCUT2D eigenvalue weighted by Gasteiger charge is -2.12. The van der Waals surface area contributed by atoms with Crippen molar-refractivity contribution < 1.29 is 9.15 Å². The molecule has 0 unspecified atom stereocenters. The van der Waals surface area contributed by atoms with Gasteiger partial charge in [0.25, 0.3) is 0 Å². The van der Waals surface area contributed by atoms with Crippen LogP contribution in [0.3, 0.4) is 0 Å². The first-order chi connectivity index (χ1) is 18.4. The highest BCUT2D eigenvalue weighted by Crippen LogP contribution is 2.25. The van der Waals surface area contributed by atoms with Crippen LogP contribution >= 0.6 is 0 Å². The third-order valence-electron chi connectivity index (χ3n) is 5.86. The standard InChI is InChI=1S/C28H29N7O3/c1-18-16-30-27(34-26(18)31-22-10-11-24-23(15-22)33-28(36)38-24)32-21-8-5-19(6-9-21)20-7-12-25(29-17-20)37-14-4-13-35(2)3/h5-12,15-17H,4,13-14H2,1-3H3,(H,33,36)(H2,30,31,32,34). The number of rotatable bonds is 10. The second-order valence-corrected chi connectivity index (χ2v) is 9.17. The number of ether oxygens (including phenoxy) is 1. The quantitative estimate of drug-likeness (QED) is 0.220. The molecule has 0 bridgehead atoms.